The topological polar surface area (TPSA) is 135 Å². The Labute approximate surface area is 282 Å². The van der Waals surface area contributed by atoms with Gasteiger partial charge in [0.15, 0.2) is 0 Å². The number of carbonyl (C=O) groups excluding carboxylic acids is 2. The number of anilines is 1. The molecule has 0 saturated heterocycles. The fraction of sp³-hybridized carbons (Fsp3) is 0.583. The Hall–Kier alpha value is -3.75. The third kappa shape index (κ3) is 8.59. The van der Waals surface area contributed by atoms with E-state index >= 15 is 0 Å². The van der Waals surface area contributed by atoms with Crippen molar-refractivity contribution >= 4 is 39.1 Å². The molecule has 2 amide bonds. The summed E-state index contributed by atoms with van der Waals surface area (Å²) in [5.74, 6) is 1.54. The fourth-order valence-corrected chi connectivity index (χ4v) is 7.94. The zero-order valence-electron chi connectivity index (χ0n) is 28.8. The van der Waals surface area contributed by atoms with Crippen LogP contribution in [-0.4, -0.2) is 55.3 Å². The summed E-state index contributed by atoms with van der Waals surface area (Å²) in [5, 5.41) is 16.5. The first-order valence-electron chi connectivity index (χ1n) is 16.5. The van der Waals surface area contributed by atoms with Gasteiger partial charge in [-0.15, -0.1) is 11.3 Å². The average Bonchev–Trinajstić information content (AvgIpc) is 3.45. The zero-order chi connectivity index (χ0) is 34.2. The van der Waals surface area contributed by atoms with Crippen molar-refractivity contribution in [2.75, 3.05) is 33.3 Å². The van der Waals surface area contributed by atoms with Gasteiger partial charge in [0.25, 0.3) is 11.8 Å². The number of rotatable bonds is 12. The molecule has 2 unspecified atom stereocenters. The quantitative estimate of drug-likeness (QED) is 0.201. The van der Waals surface area contributed by atoms with Crippen LogP contribution in [0.4, 0.5) is 5.69 Å². The predicted octanol–water partition coefficient (Wildman–Crippen LogP) is 7.71. The Balaban J connectivity index is 0.000000391. The van der Waals surface area contributed by atoms with Crippen molar-refractivity contribution in [3.63, 3.8) is 0 Å². The third-order valence-electron chi connectivity index (χ3n) is 9.55. The lowest BCUT2D eigenvalue weighted by atomic mass is 9.58. The second-order valence-corrected chi connectivity index (χ2v) is 14.5. The molecule has 0 radical (unpaired) electrons. The van der Waals surface area contributed by atoms with Gasteiger partial charge >= 0.3 is 0 Å². The number of nitrogens with one attached hydrogen (secondary N) is 2. The summed E-state index contributed by atoms with van der Waals surface area (Å²) in [6, 6.07) is 7.55. The van der Waals surface area contributed by atoms with Crippen LogP contribution in [0.5, 0.6) is 11.6 Å². The SMILES string of the molecule is CCCC(C)CC(C)COC.COc1cc(C(=O)NC23CCC(C#N)(CC2)CC3)c(NC(=O)c2c(OC)ccc3nc(C)sc23)cn1. The first kappa shape index (κ1) is 36.1. The largest absolute Gasteiger partial charge is 0.496 e. The molecule has 2 atom stereocenters. The number of hydrogen-bond donors (Lipinski definition) is 2. The van der Waals surface area contributed by atoms with E-state index in [-0.39, 0.29) is 34.0 Å². The number of hydrogen-bond acceptors (Lipinski definition) is 9. The molecule has 6 rings (SSSR count). The van der Waals surface area contributed by atoms with E-state index in [9.17, 15) is 14.9 Å². The van der Waals surface area contributed by atoms with Crippen LogP contribution in [0.1, 0.15) is 104 Å². The zero-order valence-corrected chi connectivity index (χ0v) is 29.6. The van der Waals surface area contributed by atoms with Crippen molar-refractivity contribution in [2.45, 2.75) is 91.0 Å². The Kier molecular flexibility index (Phi) is 12.2. The van der Waals surface area contributed by atoms with Crippen molar-refractivity contribution in [1.82, 2.24) is 15.3 Å². The first-order valence-corrected chi connectivity index (χ1v) is 17.4. The Bertz CT molecular complexity index is 1560. The number of ether oxygens (including phenoxy) is 3. The van der Waals surface area contributed by atoms with Gasteiger partial charge in [0.2, 0.25) is 5.88 Å². The van der Waals surface area contributed by atoms with Crippen molar-refractivity contribution in [1.29, 1.82) is 5.26 Å². The van der Waals surface area contributed by atoms with Crippen LogP contribution in [-0.2, 0) is 4.74 Å². The number of nitrogens with zero attached hydrogens (tertiary/aromatic N) is 3. The van der Waals surface area contributed by atoms with Crippen LogP contribution >= 0.6 is 11.3 Å². The van der Waals surface area contributed by atoms with Gasteiger partial charge < -0.3 is 24.8 Å². The highest BCUT2D eigenvalue weighted by molar-refractivity contribution is 7.19. The van der Waals surface area contributed by atoms with Crippen molar-refractivity contribution in [3.05, 3.63) is 40.5 Å². The minimum atomic E-state index is -0.422. The van der Waals surface area contributed by atoms with Crippen LogP contribution in [0.25, 0.3) is 10.2 Å². The highest BCUT2D eigenvalue weighted by Crippen LogP contribution is 2.52. The van der Waals surface area contributed by atoms with E-state index in [1.165, 1.54) is 57.1 Å². The van der Waals surface area contributed by atoms with E-state index < -0.39 is 5.91 Å². The molecule has 0 aliphatic heterocycles. The predicted molar refractivity (Wildman–Crippen MR) is 185 cm³/mol. The summed E-state index contributed by atoms with van der Waals surface area (Å²) in [4.78, 5) is 35.7. The van der Waals surface area contributed by atoms with Crippen LogP contribution < -0.4 is 20.1 Å². The summed E-state index contributed by atoms with van der Waals surface area (Å²) >= 11 is 1.41. The van der Waals surface area contributed by atoms with Gasteiger partial charge in [0.05, 0.1) is 58.4 Å². The molecule has 3 fully saturated rings. The maximum Gasteiger partial charge on any atom is 0.261 e. The molecule has 3 aromatic rings. The lowest BCUT2D eigenvalue weighted by Gasteiger charge is -2.50. The number of aromatic nitrogens is 2. The number of fused-ring (bicyclic) bond motifs is 4. The molecule has 10 nitrogen and oxygen atoms in total. The Morgan fingerprint density at radius 3 is 2.34 bits per heavy atom. The molecule has 2 heterocycles. The number of carbonyl (C=O) groups is 2. The molecule has 3 saturated carbocycles. The molecule has 1 aromatic carbocycles. The monoisotopic (exact) mass is 663 g/mol. The molecule has 254 valence electrons. The van der Waals surface area contributed by atoms with Crippen LogP contribution in [0, 0.1) is 35.5 Å². The van der Waals surface area contributed by atoms with Crippen LogP contribution in [0.2, 0.25) is 0 Å². The molecule has 2 bridgehead atoms. The van der Waals surface area contributed by atoms with E-state index in [0.29, 0.717) is 21.5 Å². The van der Waals surface area contributed by atoms with Gasteiger partial charge in [-0.05, 0) is 75.8 Å². The summed E-state index contributed by atoms with van der Waals surface area (Å²) in [5.41, 5.74) is 1.00. The van der Waals surface area contributed by atoms with E-state index in [0.717, 1.165) is 62.0 Å². The molecule has 3 aliphatic carbocycles. The van der Waals surface area contributed by atoms with Gasteiger partial charge in [-0.25, -0.2) is 9.97 Å². The minimum absolute atomic E-state index is 0.249. The first-order chi connectivity index (χ1) is 22.5. The summed E-state index contributed by atoms with van der Waals surface area (Å²) in [6.07, 6.45) is 10.0. The highest BCUT2D eigenvalue weighted by Gasteiger charge is 2.49. The number of thiazole rings is 1. The normalized spacial score (nSPS) is 21.1. The number of nitriles is 1. The molecular weight excluding hydrogens is 614 g/mol. The standard InChI is InChI=1S/C26H27N5O4S.C10H22O/c1-15-29-17-4-5-19(34-2)21(22(17)36-15)24(33)30-18-13-28-20(35-3)12-16(18)23(32)31-26-9-6-25(14-27,7-10-26)8-11-26;1-5-6-9(2)7-10(3)8-11-4/h4-5,12-13H,6-11H2,1-3H3,(H,30,33)(H,31,32);9-10H,5-8H2,1-4H3. The number of methoxy groups -OCH3 is 3. The van der Waals surface area contributed by atoms with E-state index in [1.807, 2.05) is 13.0 Å². The van der Waals surface area contributed by atoms with E-state index in [2.05, 4.69) is 47.4 Å². The van der Waals surface area contributed by atoms with Gasteiger partial charge in [-0.3, -0.25) is 9.59 Å². The fourth-order valence-electron chi connectivity index (χ4n) is 6.99. The second-order valence-electron chi connectivity index (χ2n) is 13.3. The van der Waals surface area contributed by atoms with Gasteiger partial charge in [0.1, 0.15) is 11.3 Å². The number of amides is 2. The minimum Gasteiger partial charge on any atom is -0.496 e. The lowest BCUT2D eigenvalue weighted by molar-refractivity contribution is 0.0521. The highest BCUT2D eigenvalue weighted by atomic mass is 32.1. The number of aryl methyl sites for hydroxylation is 1. The maximum absolute atomic E-state index is 13.5. The van der Waals surface area contributed by atoms with Gasteiger partial charge in [-0.1, -0.05) is 33.6 Å². The average molecular weight is 664 g/mol. The van der Waals surface area contributed by atoms with E-state index in [1.54, 1.807) is 13.2 Å². The maximum atomic E-state index is 13.5. The third-order valence-corrected chi connectivity index (χ3v) is 10.6. The molecule has 2 aromatic heterocycles. The van der Waals surface area contributed by atoms with Crippen molar-refractivity contribution < 1.29 is 23.8 Å². The number of benzene rings is 1. The molecule has 11 heteroatoms. The van der Waals surface area contributed by atoms with Gasteiger partial charge in [-0.2, -0.15) is 5.26 Å². The number of pyridine rings is 1. The second kappa shape index (κ2) is 15.9. The Morgan fingerprint density at radius 2 is 1.74 bits per heavy atom. The summed E-state index contributed by atoms with van der Waals surface area (Å²) in [7, 11) is 4.76. The summed E-state index contributed by atoms with van der Waals surface area (Å²) in [6.45, 7) is 9.63. The molecule has 2 N–H and O–H groups in total. The Morgan fingerprint density at radius 1 is 1.04 bits per heavy atom. The summed E-state index contributed by atoms with van der Waals surface area (Å²) < 4.78 is 16.5. The van der Waals surface area contributed by atoms with Gasteiger partial charge in [0, 0.05) is 25.3 Å². The van der Waals surface area contributed by atoms with E-state index in [4.69, 9.17) is 14.2 Å². The van der Waals surface area contributed by atoms with Crippen molar-refractivity contribution in [3.8, 4) is 17.7 Å². The molecule has 3 aliphatic rings. The van der Waals surface area contributed by atoms with Crippen LogP contribution in [0.15, 0.2) is 24.4 Å². The van der Waals surface area contributed by atoms with Crippen LogP contribution in [0.3, 0.4) is 0 Å². The molecule has 0 spiro atoms. The molecular formula is C36H49N5O5S. The lowest BCUT2D eigenvalue weighted by Crippen LogP contribution is -2.56. The molecule has 47 heavy (non-hydrogen) atoms. The van der Waals surface area contributed by atoms with Crippen molar-refractivity contribution in [2.24, 2.45) is 17.3 Å². The smallest absolute Gasteiger partial charge is 0.261 e.